The Morgan fingerprint density at radius 1 is 0.950 bits per heavy atom. The average Bonchev–Trinajstić information content (AvgIpc) is 2.76. The highest BCUT2D eigenvalue weighted by Crippen LogP contribution is 2.39. The van der Waals surface area contributed by atoms with Crippen LogP contribution in [0.1, 0.15) is 44.9 Å². The maximum atomic E-state index is 13.0. The van der Waals surface area contributed by atoms with Gasteiger partial charge in [-0.25, -0.2) is 8.42 Å². The van der Waals surface area contributed by atoms with Crippen LogP contribution in [0.3, 0.4) is 0 Å². The van der Waals surface area contributed by atoms with Gasteiger partial charge in [0.1, 0.15) is 0 Å². The lowest BCUT2D eigenvalue weighted by Crippen LogP contribution is -2.52. The van der Waals surface area contributed by atoms with E-state index in [2.05, 4.69) is 5.32 Å². The highest BCUT2D eigenvalue weighted by molar-refractivity contribution is 7.91. The summed E-state index contributed by atoms with van der Waals surface area (Å²) in [7, 11) is -3.20. The second-order valence-electron chi connectivity index (χ2n) is 6.11. The zero-order valence-electron chi connectivity index (χ0n) is 11.6. The molecule has 2 rings (SSSR count). The Bertz CT molecular complexity index is 435. The van der Waals surface area contributed by atoms with Crippen molar-refractivity contribution >= 4 is 9.84 Å². The van der Waals surface area contributed by atoms with Gasteiger partial charge in [-0.3, -0.25) is 0 Å². The molecule has 0 aromatic rings. The predicted octanol–water partition coefficient (Wildman–Crippen LogP) is 2.66. The SMILES string of the molecule is CS(=O)(=O)C1CCCC1NC1CCCCC1C(F)(F)F. The molecule has 1 N–H and O–H groups in total. The van der Waals surface area contributed by atoms with Crippen LogP contribution in [0.15, 0.2) is 0 Å². The molecule has 0 spiro atoms. The zero-order chi connectivity index (χ0) is 15.0. The monoisotopic (exact) mass is 313 g/mol. The van der Waals surface area contributed by atoms with E-state index in [1.165, 1.54) is 6.26 Å². The van der Waals surface area contributed by atoms with Gasteiger partial charge >= 0.3 is 6.18 Å². The summed E-state index contributed by atoms with van der Waals surface area (Å²) < 4.78 is 62.5. The Morgan fingerprint density at radius 3 is 2.15 bits per heavy atom. The number of halogens is 3. The summed E-state index contributed by atoms with van der Waals surface area (Å²) in [5, 5.41) is 2.50. The maximum absolute atomic E-state index is 13.0. The smallest absolute Gasteiger partial charge is 0.309 e. The second-order valence-corrected chi connectivity index (χ2v) is 8.38. The first-order valence-electron chi connectivity index (χ1n) is 7.21. The predicted molar refractivity (Wildman–Crippen MR) is 71.2 cm³/mol. The van der Waals surface area contributed by atoms with Crippen LogP contribution in [0.4, 0.5) is 13.2 Å². The minimum absolute atomic E-state index is 0.150. The van der Waals surface area contributed by atoms with Crippen molar-refractivity contribution in [1.29, 1.82) is 0 Å². The fourth-order valence-corrected chi connectivity index (χ4v) is 5.03. The van der Waals surface area contributed by atoms with E-state index in [1.54, 1.807) is 0 Å². The van der Waals surface area contributed by atoms with E-state index in [9.17, 15) is 21.6 Å². The Hall–Kier alpha value is -0.300. The molecule has 0 aromatic carbocycles. The minimum atomic E-state index is -4.20. The lowest BCUT2D eigenvalue weighted by molar-refractivity contribution is -0.189. The maximum Gasteiger partial charge on any atom is 0.393 e. The number of nitrogens with one attached hydrogen (secondary N) is 1. The standard InChI is InChI=1S/C13H22F3NO2S/c1-20(18,19)12-8-4-7-11(12)17-10-6-3-2-5-9(10)13(14,15)16/h9-12,17H,2-8H2,1H3. The number of hydrogen-bond donors (Lipinski definition) is 1. The quantitative estimate of drug-likeness (QED) is 0.871. The first kappa shape index (κ1) is 16.1. The molecule has 0 aliphatic heterocycles. The fraction of sp³-hybridized carbons (Fsp3) is 1.00. The molecule has 0 radical (unpaired) electrons. The summed E-state index contributed by atoms with van der Waals surface area (Å²) >= 11 is 0. The lowest BCUT2D eigenvalue weighted by Gasteiger charge is -2.36. The van der Waals surface area contributed by atoms with Crippen LogP contribution >= 0.6 is 0 Å². The van der Waals surface area contributed by atoms with E-state index < -0.39 is 33.2 Å². The van der Waals surface area contributed by atoms with E-state index in [0.29, 0.717) is 25.7 Å². The van der Waals surface area contributed by atoms with Crippen molar-refractivity contribution < 1.29 is 21.6 Å². The molecule has 4 unspecified atom stereocenters. The molecule has 2 saturated carbocycles. The van der Waals surface area contributed by atoms with Crippen LogP contribution in [0, 0.1) is 5.92 Å². The Labute approximate surface area is 118 Å². The van der Waals surface area contributed by atoms with Gasteiger partial charge in [0.2, 0.25) is 0 Å². The van der Waals surface area contributed by atoms with Crippen molar-refractivity contribution in [1.82, 2.24) is 5.32 Å². The van der Waals surface area contributed by atoms with Crippen LogP contribution in [-0.2, 0) is 9.84 Å². The van der Waals surface area contributed by atoms with Crippen molar-refractivity contribution in [2.24, 2.45) is 5.92 Å². The molecule has 0 bridgehead atoms. The van der Waals surface area contributed by atoms with E-state index in [1.807, 2.05) is 0 Å². The van der Waals surface area contributed by atoms with E-state index in [4.69, 9.17) is 0 Å². The number of rotatable bonds is 3. The topological polar surface area (TPSA) is 46.2 Å². The molecule has 2 fully saturated rings. The van der Waals surface area contributed by atoms with Gasteiger partial charge in [0.15, 0.2) is 9.84 Å². The van der Waals surface area contributed by atoms with Gasteiger partial charge in [0, 0.05) is 18.3 Å². The first-order valence-corrected chi connectivity index (χ1v) is 9.16. The molecule has 0 aromatic heterocycles. The third kappa shape index (κ3) is 3.67. The Balaban J connectivity index is 2.07. The molecule has 4 atom stereocenters. The molecular weight excluding hydrogens is 291 g/mol. The molecule has 0 saturated heterocycles. The van der Waals surface area contributed by atoms with Crippen molar-refractivity contribution in [2.75, 3.05) is 6.26 Å². The number of hydrogen-bond acceptors (Lipinski definition) is 3. The van der Waals surface area contributed by atoms with E-state index in [0.717, 1.165) is 12.8 Å². The van der Waals surface area contributed by atoms with Crippen LogP contribution in [0.2, 0.25) is 0 Å². The third-order valence-corrected chi connectivity index (χ3v) is 6.28. The summed E-state index contributed by atoms with van der Waals surface area (Å²) in [5.74, 6) is -1.34. The Morgan fingerprint density at radius 2 is 1.55 bits per heavy atom. The van der Waals surface area contributed by atoms with Crippen molar-refractivity contribution in [3.63, 3.8) is 0 Å². The summed E-state index contributed by atoms with van der Waals surface area (Å²) in [5.41, 5.74) is 0. The van der Waals surface area contributed by atoms with Gasteiger partial charge in [-0.2, -0.15) is 13.2 Å². The fourth-order valence-electron chi connectivity index (χ4n) is 3.63. The molecule has 0 heterocycles. The molecule has 0 amide bonds. The molecule has 20 heavy (non-hydrogen) atoms. The average molecular weight is 313 g/mol. The molecule has 7 heteroatoms. The normalized spacial score (nSPS) is 36.2. The summed E-state index contributed by atoms with van der Waals surface area (Å²) in [6.45, 7) is 0. The molecular formula is C13H22F3NO2S. The number of alkyl halides is 3. The van der Waals surface area contributed by atoms with Crippen molar-refractivity contribution in [3.05, 3.63) is 0 Å². The largest absolute Gasteiger partial charge is 0.393 e. The van der Waals surface area contributed by atoms with Crippen molar-refractivity contribution in [2.45, 2.75) is 68.5 Å². The van der Waals surface area contributed by atoms with Gasteiger partial charge in [0.05, 0.1) is 11.2 Å². The first-order chi connectivity index (χ1) is 9.19. The van der Waals surface area contributed by atoms with Crippen LogP contribution in [-0.4, -0.2) is 38.2 Å². The van der Waals surface area contributed by atoms with Gasteiger partial charge < -0.3 is 5.32 Å². The highest BCUT2D eigenvalue weighted by atomic mass is 32.2. The zero-order valence-corrected chi connectivity index (χ0v) is 12.4. The lowest BCUT2D eigenvalue weighted by atomic mass is 9.83. The molecule has 118 valence electrons. The highest BCUT2D eigenvalue weighted by Gasteiger charge is 2.47. The third-order valence-electron chi connectivity index (χ3n) is 4.62. The minimum Gasteiger partial charge on any atom is -0.309 e. The van der Waals surface area contributed by atoms with E-state index >= 15 is 0 Å². The van der Waals surface area contributed by atoms with Gasteiger partial charge in [-0.15, -0.1) is 0 Å². The molecule has 3 nitrogen and oxygen atoms in total. The summed E-state index contributed by atoms with van der Waals surface area (Å²) in [6, 6.07) is -0.950. The van der Waals surface area contributed by atoms with E-state index in [-0.39, 0.29) is 12.5 Å². The van der Waals surface area contributed by atoms with Gasteiger partial charge in [0.25, 0.3) is 0 Å². The molecule has 2 aliphatic rings. The summed E-state index contributed by atoms with van der Waals surface area (Å²) in [4.78, 5) is 0. The van der Waals surface area contributed by atoms with Gasteiger partial charge in [-0.05, 0) is 25.7 Å². The second kappa shape index (κ2) is 5.83. The Kier molecular flexibility index (Phi) is 4.69. The summed E-state index contributed by atoms with van der Waals surface area (Å²) in [6.07, 6.45) is 0.964. The molecule has 2 aliphatic carbocycles. The van der Waals surface area contributed by atoms with Crippen molar-refractivity contribution in [3.8, 4) is 0 Å². The van der Waals surface area contributed by atoms with Gasteiger partial charge in [-0.1, -0.05) is 19.3 Å². The van der Waals surface area contributed by atoms with Crippen LogP contribution in [0.5, 0.6) is 0 Å². The number of sulfone groups is 1. The van der Waals surface area contributed by atoms with Crippen LogP contribution in [0.25, 0.3) is 0 Å². The van der Waals surface area contributed by atoms with Crippen LogP contribution < -0.4 is 5.32 Å².